The smallest absolute Gasteiger partial charge is 0.335 e. The van der Waals surface area contributed by atoms with E-state index in [4.69, 9.17) is 9.47 Å². The molecule has 4 amide bonds. The van der Waals surface area contributed by atoms with Crippen molar-refractivity contribution in [1.29, 1.82) is 0 Å². The minimum Gasteiger partial charge on any atom is -0.497 e. The molecule has 1 fully saturated rings. The molecule has 0 unspecified atom stereocenters. The molecule has 2 aromatic carbocycles. The Hall–Kier alpha value is -4.28. The third-order valence-corrected chi connectivity index (χ3v) is 4.27. The van der Waals surface area contributed by atoms with E-state index in [1.165, 1.54) is 38.5 Å². The van der Waals surface area contributed by atoms with Crippen LogP contribution in [0.25, 0.3) is 0 Å². The van der Waals surface area contributed by atoms with Gasteiger partial charge in [-0.3, -0.25) is 30.0 Å². The Morgan fingerprint density at radius 1 is 1.10 bits per heavy atom. The number of carbonyl (C=O) groups excluding carboxylic acids is 3. The highest BCUT2D eigenvalue weighted by atomic mass is 16.6. The summed E-state index contributed by atoms with van der Waals surface area (Å²) in [6, 6.07) is 8.93. The molecule has 0 aliphatic carbocycles. The van der Waals surface area contributed by atoms with Crippen molar-refractivity contribution >= 4 is 41.1 Å². The van der Waals surface area contributed by atoms with Gasteiger partial charge >= 0.3 is 6.03 Å². The van der Waals surface area contributed by atoms with E-state index in [-0.39, 0.29) is 22.8 Å². The van der Waals surface area contributed by atoms with E-state index in [0.717, 1.165) is 17.2 Å². The SMILES string of the molecule is COc1ccc(N2C(=O)NC(=O)[C@@H](C=Nc3cc([N+](=O)[O-])ccc3OC)C2=O)cc1. The van der Waals surface area contributed by atoms with Crippen molar-refractivity contribution in [3.63, 3.8) is 0 Å². The molecule has 1 saturated heterocycles. The van der Waals surface area contributed by atoms with E-state index >= 15 is 0 Å². The topological polar surface area (TPSA) is 140 Å². The molecule has 0 aromatic heterocycles. The Bertz CT molecular complexity index is 1050. The number of nitro groups is 1. The Kier molecular flexibility index (Phi) is 5.72. The summed E-state index contributed by atoms with van der Waals surface area (Å²) in [5.74, 6) is -2.36. The Labute approximate surface area is 170 Å². The molecule has 30 heavy (non-hydrogen) atoms. The van der Waals surface area contributed by atoms with Crippen LogP contribution in [0.3, 0.4) is 0 Å². The summed E-state index contributed by atoms with van der Waals surface area (Å²) in [4.78, 5) is 52.5. The number of nitrogens with zero attached hydrogens (tertiary/aromatic N) is 3. The summed E-state index contributed by atoms with van der Waals surface area (Å²) in [5, 5.41) is 13.1. The summed E-state index contributed by atoms with van der Waals surface area (Å²) >= 11 is 0. The highest BCUT2D eigenvalue weighted by Crippen LogP contribution is 2.31. The van der Waals surface area contributed by atoms with Crippen LogP contribution in [-0.2, 0) is 9.59 Å². The maximum Gasteiger partial charge on any atom is 0.335 e. The fraction of sp³-hybridized carbons (Fsp3) is 0.158. The minimum absolute atomic E-state index is 0.0557. The predicted octanol–water partition coefficient (Wildman–Crippen LogP) is 2.21. The van der Waals surface area contributed by atoms with Crippen molar-refractivity contribution in [1.82, 2.24) is 5.32 Å². The van der Waals surface area contributed by atoms with Gasteiger partial charge in [0.25, 0.3) is 11.6 Å². The number of amides is 4. The van der Waals surface area contributed by atoms with Crippen LogP contribution in [0.4, 0.5) is 21.9 Å². The normalized spacial score (nSPS) is 16.5. The first-order valence-electron chi connectivity index (χ1n) is 8.55. The molecular weight excluding hydrogens is 396 g/mol. The van der Waals surface area contributed by atoms with Crippen molar-refractivity contribution < 1.29 is 28.8 Å². The number of aliphatic imine (C=N–C) groups is 1. The number of anilines is 1. The highest BCUT2D eigenvalue weighted by molar-refractivity contribution is 6.32. The lowest BCUT2D eigenvalue weighted by molar-refractivity contribution is -0.384. The monoisotopic (exact) mass is 412 g/mol. The van der Waals surface area contributed by atoms with Gasteiger partial charge in [0.2, 0.25) is 5.91 Å². The molecule has 1 aliphatic rings. The second-order valence-corrected chi connectivity index (χ2v) is 6.04. The molecule has 1 aliphatic heterocycles. The number of benzene rings is 2. The maximum absolute atomic E-state index is 12.8. The lowest BCUT2D eigenvalue weighted by Gasteiger charge is -2.28. The molecule has 154 valence electrons. The molecule has 1 heterocycles. The standard InChI is InChI=1S/C19H16N4O7/c1-29-13-6-3-11(4-7-13)22-18(25)14(17(24)21-19(22)26)10-20-15-9-12(23(27)28)5-8-16(15)30-2/h3-10,14H,1-2H3,(H,21,24,26)/t14-/m1/s1. The third-order valence-electron chi connectivity index (χ3n) is 4.27. The first kappa shape index (κ1) is 20.5. The lowest BCUT2D eigenvalue weighted by atomic mass is 10.1. The van der Waals surface area contributed by atoms with Crippen LogP contribution in [0.5, 0.6) is 11.5 Å². The van der Waals surface area contributed by atoms with Gasteiger partial charge in [-0.1, -0.05) is 0 Å². The molecule has 0 saturated carbocycles. The van der Waals surface area contributed by atoms with Gasteiger partial charge in [0.05, 0.1) is 24.8 Å². The van der Waals surface area contributed by atoms with Crippen LogP contribution in [0, 0.1) is 16.0 Å². The molecular formula is C19H16N4O7. The van der Waals surface area contributed by atoms with Gasteiger partial charge in [-0.05, 0) is 30.3 Å². The van der Waals surface area contributed by atoms with Crippen molar-refractivity contribution in [2.45, 2.75) is 0 Å². The summed E-state index contributed by atoms with van der Waals surface area (Å²) < 4.78 is 10.1. The van der Waals surface area contributed by atoms with Gasteiger partial charge in [0.15, 0.2) is 5.92 Å². The molecule has 3 rings (SSSR count). The Morgan fingerprint density at radius 2 is 1.80 bits per heavy atom. The van der Waals surface area contributed by atoms with Crippen LogP contribution in [0.2, 0.25) is 0 Å². The van der Waals surface area contributed by atoms with Crippen molar-refractivity contribution in [2.24, 2.45) is 10.9 Å². The summed E-state index contributed by atoms with van der Waals surface area (Å²) in [5.41, 5.74) is 0.0507. The second kappa shape index (κ2) is 8.39. The van der Waals surface area contributed by atoms with E-state index in [1.807, 2.05) is 0 Å². The molecule has 11 nitrogen and oxygen atoms in total. The first-order chi connectivity index (χ1) is 14.3. The summed E-state index contributed by atoms with van der Waals surface area (Å²) in [6.45, 7) is 0. The van der Waals surface area contributed by atoms with Crippen LogP contribution < -0.4 is 19.7 Å². The second-order valence-electron chi connectivity index (χ2n) is 6.04. The van der Waals surface area contributed by atoms with Gasteiger partial charge in [0, 0.05) is 18.3 Å². The van der Waals surface area contributed by atoms with E-state index in [1.54, 1.807) is 12.1 Å². The number of hydrogen-bond donors (Lipinski definition) is 1. The number of carbonyl (C=O) groups is 3. The van der Waals surface area contributed by atoms with E-state index in [0.29, 0.717) is 5.75 Å². The molecule has 1 N–H and O–H groups in total. The van der Waals surface area contributed by atoms with Gasteiger partial charge < -0.3 is 9.47 Å². The molecule has 2 aromatic rings. The number of barbiturate groups is 1. The number of non-ortho nitro benzene ring substituents is 1. The summed E-state index contributed by atoms with van der Waals surface area (Å²) in [6.07, 6.45) is 1.02. The highest BCUT2D eigenvalue weighted by Gasteiger charge is 2.40. The van der Waals surface area contributed by atoms with Crippen molar-refractivity contribution in [3.8, 4) is 11.5 Å². The number of urea groups is 1. The number of hydrogen-bond acceptors (Lipinski definition) is 8. The van der Waals surface area contributed by atoms with Crippen LogP contribution in [0.15, 0.2) is 47.5 Å². The van der Waals surface area contributed by atoms with Gasteiger partial charge in [-0.15, -0.1) is 0 Å². The number of nitro benzene ring substituents is 1. The van der Waals surface area contributed by atoms with Crippen LogP contribution in [-0.4, -0.2) is 43.2 Å². The third kappa shape index (κ3) is 3.94. The number of rotatable bonds is 6. The number of methoxy groups -OCH3 is 2. The predicted molar refractivity (Wildman–Crippen MR) is 105 cm³/mol. The van der Waals surface area contributed by atoms with Gasteiger partial charge in [0.1, 0.15) is 17.2 Å². The van der Waals surface area contributed by atoms with E-state index in [2.05, 4.69) is 10.3 Å². The maximum atomic E-state index is 12.8. The van der Waals surface area contributed by atoms with Crippen LogP contribution in [0.1, 0.15) is 0 Å². The molecule has 1 atom stereocenters. The Morgan fingerprint density at radius 3 is 2.40 bits per heavy atom. The van der Waals surface area contributed by atoms with Crippen LogP contribution >= 0.6 is 0 Å². The minimum atomic E-state index is -1.42. The quantitative estimate of drug-likeness (QED) is 0.332. The molecule has 0 radical (unpaired) electrons. The number of nitrogens with one attached hydrogen (secondary N) is 1. The van der Waals surface area contributed by atoms with E-state index in [9.17, 15) is 24.5 Å². The largest absolute Gasteiger partial charge is 0.497 e. The van der Waals surface area contributed by atoms with E-state index < -0.39 is 28.7 Å². The average Bonchev–Trinajstić information content (AvgIpc) is 2.73. The first-order valence-corrected chi connectivity index (χ1v) is 8.55. The molecule has 0 bridgehead atoms. The molecule has 0 spiro atoms. The Balaban J connectivity index is 1.92. The average molecular weight is 412 g/mol. The van der Waals surface area contributed by atoms with Crippen molar-refractivity contribution in [3.05, 3.63) is 52.6 Å². The molecule has 11 heteroatoms. The fourth-order valence-corrected chi connectivity index (χ4v) is 2.75. The van der Waals surface area contributed by atoms with Crippen molar-refractivity contribution in [2.75, 3.05) is 19.1 Å². The number of imide groups is 2. The summed E-state index contributed by atoms with van der Waals surface area (Å²) in [7, 11) is 2.82. The number of ether oxygens (including phenoxy) is 2. The fourth-order valence-electron chi connectivity index (χ4n) is 2.75. The zero-order valence-electron chi connectivity index (χ0n) is 15.9. The lowest BCUT2D eigenvalue weighted by Crippen LogP contribution is -2.58. The zero-order valence-corrected chi connectivity index (χ0v) is 15.9. The van der Waals surface area contributed by atoms with Gasteiger partial charge in [-0.2, -0.15) is 0 Å². The van der Waals surface area contributed by atoms with Gasteiger partial charge in [-0.25, -0.2) is 9.69 Å². The zero-order chi connectivity index (χ0) is 21.8.